The summed E-state index contributed by atoms with van der Waals surface area (Å²) < 4.78 is 21.9. The van der Waals surface area contributed by atoms with Crippen LogP contribution < -0.4 is 0 Å². The number of benzene rings is 1. The molecule has 2 amide bonds. The Morgan fingerprint density at radius 2 is 1.97 bits per heavy atom. The first-order valence-electron chi connectivity index (χ1n) is 12.5. The molecule has 0 bridgehead atoms. The van der Waals surface area contributed by atoms with Crippen LogP contribution in [0.15, 0.2) is 43.0 Å². The zero-order valence-electron chi connectivity index (χ0n) is 21.9. The van der Waals surface area contributed by atoms with Gasteiger partial charge in [-0.1, -0.05) is 6.07 Å². The number of halogens is 1. The molecule has 1 aliphatic heterocycles. The lowest BCUT2D eigenvalue weighted by atomic mass is 9.93. The molecule has 0 spiro atoms. The molecule has 1 saturated heterocycles. The fourth-order valence-corrected chi connectivity index (χ4v) is 4.84. The van der Waals surface area contributed by atoms with Crippen LogP contribution in [0.5, 0.6) is 0 Å². The molecule has 0 saturated carbocycles. The van der Waals surface area contributed by atoms with Gasteiger partial charge in [-0.25, -0.2) is 14.2 Å². The summed E-state index contributed by atoms with van der Waals surface area (Å²) in [5, 5.41) is 0. The summed E-state index contributed by atoms with van der Waals surface area (Å²) in [6.07, 6.45) is 5.98. The number of hydrogen-bond donors (Lipinski definition) is 0. The summed E-state index contributed by atoms with van der Waals surface area (Å²) in [5.41, 5.74) is 3.10. The molecule has 1 aliphatic rings. The number of hydrogen-bond acceptors (Lipinski definition) is 4. The van der Waals surface area contributed by atoms with Gasteiger partial charge in [0.1, 0.15) is 11.4 Å². The Labute approximate surface area is 211 Å². The van der Waals surface area contributed by atoms with Crippen LogP contribution in [0.1, 0.15) is 69.8 Å². The molecule has 0 radical (unpaired) electrons. The van der Waals surface area contributed by atoms with Crippen LogP contribution >= 0.6 is 0 Å². The minimum absolute atomic E-state index is 0.0164. The fourth-order valence-electron chi connectivity index (χ4n) is 4.84. The average Bonchev–Trinajstić information content (AvgIpc) is 3.47. The van der Waals surface area contributed by atoms with Gasteiger partial charge >= 0.3 is 6.09 Å². The lowest BCUT2D eigenvalue weighted by Gasteiger charge is -2.26. The maximum absolute atomic E-state index is 14.4. The Morgan fingerprint density at radius 3 is 2.64 bits per heavy atom. The molecule has 1 aromatic carbocycles. The summed E-state index contributed by atoms with van der Waals surface area (Å²) in [7, 11) is 0. The SMILES string of the molecule is CCN(C(=O)c1cc(F)ccc1-c1cc(C2CCN(C(=O)OC(C)(C)C)C2)cn2cncc12)C(C)C. The van der Waals surface area contributed by atoms with Crippen molar-refractivity contribution >= 4 is 17.5 Å². The standard InChI is InChI=1S/C28H35FN4O3/c1-7-33(18(2)3)26(34)24-13-21(29)8-9-22(24)23-12-20(16-32-17-30-14-25(23)32)19-10-11-31(15-19)27(35)36-28(4,5)6/h8-9,12-14,16-19H,7,10-11,15H2,1-6H3. The van der Waals surface area contributed by atoms with Crippen molar-refractivity contribution in [1.29, 1.82) is 0 Å². The highest BCUT2D eigenvalue weighted by Crippen LogP contribution is 2.35. The van der Waals surface area contributed by atoms with Crippen LogP contribution in [-0.4, -0.2) is 62.5 Å². The summed E-state index contributed by atoms with van der Waals surface area (Å²) >= 11 is 0. The molecule has 3 aromatic rings. The molecule has 7 nitrogen and oxygen atoms in total. The number of carbonyl (C=O) groups excluding carboxylic acids is 2. The van der Waals surface area contributed by atoms with E-state index < -0.39 is 11.4 Å². The van der Waals surface area contributed by atoms with E-state index in [0.29, 0.717) is 30.8 Å². The molecule has 1 fully saturated rings. The zero-order chi connectivity index (χ0) is 26.2. The molecule has 2 aromatic heterocycles. The van der Waals surface area contributed by atoms with Gasteiger partial charge in [0.05, 0.1) is 23.6 Å². The van der Waals surface area contributed by atoms with E-state index in [2.05, 4.69) is 11.1 Å². The second kappa shape index (κ2) is 9.91. The molecule has 3 heterocycles. The Balaban J connectivity index is 1.74. The number of aromatic nitrogens is 2. The van der Waals surface area contributed by atoms with Crippen molar-refractivity contribution in [2.45, 2.75) is 65.5 Å². The van der Waals surface area contributed by atoms with Gasteiger partial charge in [0.25, 0.3) is 5.91 Å². The van der Waals surface area contributed by atoms with E-state index in [0.717, 1.165) is 23.1 Å². The molecule has 0 aliphatic carbocycles. The fraction of sp³-hybridized carbons (Fsp3) is 0.464. The van der Waals surface area contributed by atoms with E-state index in [-0.39, 0.29) is 24.0 Å². The average molecular weight is 495 g/mol. The van der Waals surface area contributed by atoms with Gasteiger partial charge in [0, 0.05) is 43.4 Å². The van der Waals surface area contributed by atoms with E-state index in [1.54, 1.807) is 28.4 Å². The highest BCUT2D eigenvalue weighted by molar-refractivity contribution is 6.03. The second-order valence-corrected chi connectivity index (χ2v) is 10.7. The zero-order valence-corrected chi connectivity index (χ0v) is 21.9. The third-order valence-electron chi connectivity index (χ3n) is 6.58. The predicted octanol–water partition coefficient (Wildman–Crippen LogP) is 5.74. The molecule has 0 N–H and O–H groups in total. The maximum atomic E-state index is 14.4. The molecule has 1 unspecified atom stereocenters. The highest BCUT2D eigenvalue weighted by Gasteiger charge is 2.31. The molecule has 1 atom stereocenters. The van der Waals surface area contributed by atoms with Gasteiger partial charge in [0.2, 0.25) is 0 Å². The second-order valence-electron chi connectivity index (χ2n) is 10.7. The van der Waals surface area contributed by atoms with Crippen LogP contribution in [0.4, 0.5) is 9.18 Å². The Bertz CT molecular complexity index is 1280. The van der Waals surface area contributed by atoms with E-state index in [9.17, 15) is 14.0 Å². The number of imidazole rings is 1. The van der Waals surface area contributed by atoms with E-state index >= 15 is 0 Å². The van der Waals surface area contributed by atoms with Crippen LogP contribution in [-0.2, 0) is 4.74 Å². The lowest BCUT2D eigenvalue weighted by molar-refractivity contribution is 0.0292. The molecular weight excluding hydrogens is 459 g/mol. The Hall–Kier alpha value is -3.42. The number of likely N-dealkylation sites (tertiary alicyclic amines) is 1. The molecular formula is C28H35FN4O3. The van der Waals surface area contributed by atoms with Crippen LogP contribution in [0.3, 0.4) is 0 Å². The highest BCUT2D eigenvalue weighted by atomic mass is 19.1. The number of ether oxygens (including phenoxy) is 1. The monoisotopic (exact) mass is 494 g/mol. The number of pyridine rings is 1. The minimum atomic E-state index is -0.550. The number of nitrogens with zero attached hydrogens (tertiary/aromatic N) is 4. The third-order valence-corrected chi connectivity index (χ3v) is 6.58. The smallest absolute Gasteiger partial charge is 0.410 e. The summed E-state index contributed by atoms with van der Waals surface area (Å²) in [6, 6.07) is 6.41. The summed E-state index contributed by atoms with van der Waals surface area (Å²) in [6.45, 7) is 13.1. The topological polar surface area (TPSA) is 67.2 Å². The van der Waals surface area contributed by atoms with Gasteiger partial charge in [-0.2, -0.15) is 0 Å². The minimum Gasteiger partial charge on any atom is -0.444 e. The van der Waals surface area contributed by atoms with E-state index in [1.165, 1.54) is 12.1 Å². The van der Waals surface area contributed by atoms with Crippen molar-refractivity contribution in [3.05, 3.63) is 59.9 Å². The normalized spacial score (nSPS) is 16.1. The number of fused-ring (bicyclic) bond motifs is 1. The number of carbonyl (C=O) groups is 2. The number of amides is 2. The van der Waals surface area contributed by atoms with Gasteiger partial charge < -0.3 is 18.9 Å². The van der Waals surface area contributed by atoms with Gasteiger partial charge in [0.15, 0.2) is 0 Å². The first-order valence-corrected chi connectivity index (χ1v) is 12.5. The van der Waals surface area contributed by atoms with Crippen molar-refractivity contribution in [1.82, 2.24) is 19.2 Å². The summed E-state index contributed by atoms with van der Waals surface area (Å²) in [4.78, 5) is 33.9. The molecule has 192 valence electrons. The summed E-state index contributed by atoms with van der Waals surface area (Å²) in [5.74, 6) is -0.557. The van der Waals surface area contributed by atoms with Gasteiger partial charge in [-0.05, 0) is 77.3 Å². The molecule has 36 heavy (non-hydrogen) atoms. The molecule has 8 heteroatoms. The first kappa shape index (κ1) is 25.7. The van der Waals surface area contributed by atoms with Crippen molar-refractivity contribution < 1.29 is 18.7 Å². The number of rotatable bonds is 5. The largest absolute Gasteiger partial charge is 0.444 e. The van der Waals surface area contributed by atoms with Crippen molar-refractivity contribution in [2.75, 3.05) is 19.6 Å². The van der Waals surface area contributed by atoms with Gasteiger partial charge in [-0.3, -0.25) is 4.79 Å². The maximum Gasteiger partial charge on any atom is 0.410 e. The van der Waals surface area contributed by atoms with Crippen molar-refractivity contribution in [3.8, 4) is 11.1 Å². The van der Waals surface area contributed by atoms with Crippen LogP contribution in [0.25, 0.3) is 16.6 Å². The lowest BCUT2D eigenvalue weighted by Crippen LogP contribution is -2.37. The van der Waals surface area contributed by atoms with Gasteiger partial charge in [-0.15, -0.1) is 0 Å². The molecule has 4 rings (SSSR count). The first-order chi connectivity index (χ1) is 17.0. The van der Waals surface area contributed by atoms with Crippen molar-refractivity contribution in [2.24, 2.45) is 0 Å². The Morgan fingerprint density at radius 1 is 1.22 bits per heavy atom. The van der Waals surface area contributed by atoms with E-state index in [4.69, 9.17) is 4.74 Å². The Kier molecular flexibility index (Phi) is 7.07. The van der Waals surface area contributed by atoms with Crippen LogP contribution in [0.2, 0.25) is 0 Å². The van der Waals surface area contributed by atoms with Crippen molar-refractivity contribution in [3.63, 3.8) is 0 Å². The van der Waals surface area contributed by atoms with E-state index in [1.807, 2.05) is 52.1 Å². The predicted molar refractivity (Wildman–Crippen MR) is 138 cm³/mol. The third kappa shape index (κ3) is 5.22. The van der Waals surface area contributed by atoms with Crippen LogP contribution in [0, 0.1) is 5.82 Å². The quantitative estimate of drug-likeness (QED) is 0.454.